The molecular weight excluding hydrogens is 326 g/mol. The van der Waals surface area contributed by atoms with Gasteiger partial charge in [0.15, 0.2) is 0 Å². The standard InChI is InChI=1S/C17H16BrN3/c1-21-16-7-6-12(18)8-15(16)20-17(21)14-10-19-9-11-4-2-3-5-13(11)14/h2-8,14,19H,9-10H2,1H3. The van der Waals surface area contributed by atoms with Crippen LogP contribution in [0.5, 0.6) is 0 Å². The molecule has 1 atom stereocenters. The van der Waals surface area contributed by atoms with Gasteiger partial charge in [0.2, 0.25) is 0 Å². The van der Waals surface area contributed by atoms with Crippen molar-refractivity contribution in [3.63, 3.8) is 0 Å². The Hall–Kier alpha value is -1.65. The van der Waals surface area contributed by atoms with Gasteiger partial charge in [0.25, 0.3) is 0 Å². The highest BCUT2D eigenvalue weighted by Gasteiger charge is 2.25. The van der Waals surface area contributed by atoms with Gasteiger partial charge in [-0.2, -0.15) is 0 Å². The van der Waals surface area contributed by atoms with Crippen LogP contribution >= 0.6 is 15.9 Å². The molecule has 0 radical (unpaired) electrons. The number of aryl methyl sites for hydroxylation is 1. The Morgan fingerprint density at radius 3 is 3.00 bits per heavy atom. The average molecular weight is 342 g/mol. The second-order valence-electron chi connectivity index (χ2n) is 5.54. The summed E-state index contributed by atoms with van der Waals surface area (Å²) >= 11 is 3.53. The van der Waals surface area contributed by atoms with Crippen LogP contribution in [0.2, 0.25) is 0 Å². The molecule has 2 aromatic carbocycles. The highest BCUT2D eigenvalue weighted by atomic mass is 79.9. The molecule has 0 saturated carbocycles. The predicted octanol–water partition coefficient (Wildman–Crippen LogP) is 3.57. The Morgan fingerprint density at radius 2 is 2.10 bits per heavy atom. The lowest BCUT2D eigenvalue weighted by Crippen LogP contribution is -2.30. The van der Waals surface area contributed by atoms with Crippen LogP contribution in [0, 0.1) is 0 Å². The van der Waals surface area contributed by atoms with E-state index in [1.807, 2.05) is 0 Å². The summed E-state index contributed by atoms with van der Waals surface area (Å²) in [6.45, 7) is 1.89. The lowest BCUT2D eigenvalue weighted by atomic mass is 9.90. The zero-order chi connectivity index (χ0) is 14.4. The lowest BCUT2D eigenvalue weighted by Gasteiger charge is -2.26. The van der Waals surface area contributed by atoms with Crippen LogP contribution in [-0.4, -0.2) is 16.1 Å². The number of hydrogen-bond acceptors (Lipinski definition) is 2. The number of fused-ring (bicyclic) bond motifs is 2. The fourth-order valence-corrected chi connectivity index (χ4v) is 3.58. The predicted molar refractivity (Wildman–Crippen MR) is 88.4 cm³/mol. The summed E-state index contributed by atoms with van der Waals surface area (Å²) in [6.07, 6.45) is 0. The summed E-state index contributed by atoms with van der Waals surface area (Å²) in [5.74, 6) is 1.44. The van der Waals surface area contributed by atoms with E-state index < -0.39 is 0 Å². The number of hydrogen-bond donors (Lipinski definition) is 1. The third-order valence-electron chi connectivity index (χ3n) is 4.28. The molecule has 0 amide bonds. The van der Waals surface area contributed by atoms with Gasteiger partial charge < -0.3 is 9.88 Å². The second-order valence-corrected chi connectivity index (χ2v) is 6.46. The number of aromatic nitrogens is 2. The largest absolute Gasteiger partial charge is 0.331 e. The summed E-state index contributed by atoms with van der Waals surface area (Å²) < 4.78 is 3.29. The molecule has 1 aromatic heterocycles. The minimum absolute atomic E-state index is 0.311. The van der Waals surface area contributed by atoms with Gasteiger partial charge in [-0.05, 0) is 29.3 Å². The van der Waals surface area contributed by atoms with Crippen LogP contribution in [0.3, 0.4) is 0 Å². The molecule has 0 spiro atoms. The first kappa shape index (κ1) is 13.0. The third-order valence-corrected chi connectivity index (χ3v) is 4.78. The molecule has 4 heteroatoms. The summed E-state index contributed by atoms with van der Waals surface area (Å²) in [4.78, 5) is 4.89. The van der Waals surface area contributed by atoms with E-state index in [0.717, 1.165) is 28.9 Å². The van der Waals surface area contributed by atoms with Crippen LogP contribution < -0.4 is 5.32 Å². The van der Waals surface area contributed by atoms with E-state index in [0.29, 0.717) is 5.92 Å². The van der Waals surface area contributed by atoms with Gasteiger partial charge in [0.1, 0.15) is 5.82 Å². The fraction of sp³-hybridized carbons (Fsp3) is 0.235. The van der Waals surface area contributed by atoms with Crippen molar-refractivity contribution in [2.45, 2.75) is 12.5 Å². The van der Waals surface area contributed by atoms with Crippen molar-refractivity contribution in [1.29, 1.82) is 0 Å². The molecule has 3 aromatic rings. The van der Waals surface area contributed by atoms with Crippen molar-refractivity contribution in [2.75, 3.05) is 6.54 Å². The van der Waals surface area contributed by atoms with Gasteiger partial charge in [-0.25, -0.2) is 4.98 Å². The molecule has 1 unspecified atom stereocenters. The highest BCUT2D eigenvalue weighted by Crippen LogP contribution is 2.31. The van der Waals surface area contributed by atoms with Crippen molar-refractivity contribution in [2.24, 2.45) is 7.05 Å². The van der Waals surface area contributed by atoms with E-state index in [9.17, 15) is 0 Å². The summed E-state index contributed by atoms with van der Waals surface area (Å²) in [5.41, 5.74) is 5.00. The first-order valence-corrected chi connectivity index (χ1v) is 7.94. The molecule has 1 N–H and O–H groups in total. The van der Waals surface area contributed by atoms with Gasteiger partial charge in [-0.1, -0.05) is 40.2 Å². The molecular formula is C17H16BrN3. The maximum atomic E-state index is 4.89. The fourth-order valence-electron chi connectivity index (χ4n) is 3.23. The van der Waals surface area contributed by atoms with Gasteiger partial charge in [-0.3, -0.25) is 0 Å². The molecule has 3 nitrogen and oxygen atoms in total. The molecule has 4 rings (SSSR count). The topological polar surface area (TPSA) is 29.9 Å². The van der Waals surface area contributed by atoms with Crippen LogP contribution in [0.1, 0.15) is 22.9 Å². The van der Waals surface area contributed by atoms with Crippen LogP contribution in [-0.2, 0) is 13.6 Å². The monoisotopic (exact) mass is 341 g/mol. The quantitative estimate of drug-likeness (QED) is 0.733. The van der Waals surface area contributed by atoms with Crippen molar-refractivity contribution >= 4 is 27.0 Å². The van der Waals surface area contributed by atoms with Gasteiger partial charge >= 0.3 is 0 Å². The first-order valence-electron chi connectivity index (χ1n) is 7.14. The van der Waals surface area contributed by atoms with Crippen molar-refractivity contribution in [3.05, 3.63) is 63.9 Å². The van der Waals surface area contributed by atoms with Crippen LogP contribution in [0.15, 0.2) is 46.9 Å². The van der Waals surface area contributed by atoms with Crippen LogP contribution in [0.4, 0.5) is 0 Å². The molecule has 2 heterocycles. The zero-order valence-electron chi connectivity index (χ0n) is 11.8. The number of imidazole rings is 1. The van der Waals surface area contributed by atoms with E-state index in [1.54, 1.807) is 0 Å². The number of benzene rings is 2. The van der Waals surface area contributed by atoms with Gasteiger partial charge in [0, 0.05) is 24.6 Å². The number of rotatable bonds is 1. The molecule has 1 aliphatic rings. The molecule has 1 aliphatic heterocycles. The van der Waals surface area contributed by atoms with E-state index in [-0.39, 0.29) is 0 Å². The van der Waals surface area contributed by atoms with Crippen LogP contribution in [0.25, 0.3) is 11.0 Å². The van der Waals surface area contributed by atoms with Crippen molar-refractivity contribution in [1.82, 2.24) is 14.9 Å². The maximum Gasteiger partial charge on any atom is 0.118 e. The maximum absolute atomic E-state index is 4.89. The summed E-state index contributed by atoms with van der Waals surface area (Å²) in [6, 6.07) is 14.9. The molecule has 0 bridgehead atoms. The Labute approximate surface area is 132 Å². The normalized spacial score (nSPS) is 17.9. The molecule has 0 fully saturated rings. The Balaban J connectivity index is 1.90. The molecule has 106 valence electrons. The van der Waals surface area contributed by atoms with Crippen molar-refractivity contribution < 1.29 is 0 Å². The Kier molecular flexibility index (Phi) is 3.08. The molecule has 21 heavy (non-hydrogen) atoms. The lowest BCUT2D eigenvalue weighted by molar-refractivity contribution is 0.562. The van der Waals surface area contributed by atoms with E-state index in [2.05, 4.69) is 75.3 Å². The average Bonchev–Trinajstić information content (AvgIpc) is 2.83. The van der Waals surface area contributed by atoms with Gasteiger partial charge in [0.05, 0.1) is 17.0 Å². The van der Waals surface area contributed by atoms with E-state index >= 15 is 0 Å². The summed E-state index contributed by atoms with van der Waals surface area (Å²) in [5, 5.41) is 3.51. The number of nitrogens with one attached hydrogen (secondary N) is 1. The third kappa shape index (κ3) is 2.10. The van der Waals surface area contributed by atoms with Gasteiger partial charge in [-0.15, -0.1) is 0 Å². The molecule has 0 saturated heterocycles. The Bertz CT molecular complexity index is 822. The minimum atomic E-state index is 0.311. The highest BCUT2D eigenvalue weighted by molar-refractivity contribution is 9.10. The first-order chi connectivity index (χ1) is 10.2. The van der Waals surface area contributed by atoms with E-state index in [4.69, 9.17) is 4.98 Å². The summed E-state index contributed by atoms with van der Waals surface area (Å²) in [7, 11) is 2.11. The minimum Gasteiger partial charge on any atom is -0.331 e. The zero-order valence-corrected chi connectivity index (χ0v) is 13.4. The van der Waals surface area contributed by atoms with E-state index in [1.165, 1.54) is 16.6 Å². The second kappa shape index (κ2) is 4.97. The molecule has 0 aliphatic carbocycles. The Morgan fingerprint density at radius 1 is 1.24 bits per heavy atom. The number of nitrogens with zero attached hydrogens (tertiary/aromatic N) is 2. The van der Waals surface area contributed by atoms with Crippen molar-refractivity contribution in [3.8, 4) is 0 Å². The SMILES string of the molecule is Cn1c(C2CNCc3ccccc32)nc2cc(Br)ccc21. The smallest absolute Gasteiger partial charge is 0.118 e. The number of halogens is 1.